The summed E-state index contributed by atoms with van der Waals surface area (Å²) >= 11 is 1.43. The van der Waals surface area contributed by atoms with E-state index in [9.17, 15) is 0 Å². The minimum Gasteiger partial charge on any atom is -0.496 e. The molecule has 23 heavy (non-hydrogen) atoms. The van der Waals surface area contributed by atoms with Crippen molar-refractivity contribution in [2.24, 2.45) is 0 Å². The summed E-state index contributed by atoms with van der Waals surface area (Å²) in [6.07, 6.45) is 4.81. The van der Waals surface area contributed by atoms with Crippen molar-refractivity contribution in [1.82, 2.24) is 4.98 Å². The van der Waals surface area contributed by atoms with Gasteiger partial charge in [0.2, 0.25) is 0 Å². The van der Waals surface area contributed by atoms with Crippen molar-refractivity contribution in [2.45, 2.75) is 45.6 Å². The molecular formula is C18H26N2O2S. The maximum Gasteiger partial charge on any atom is 0.180 e. The summed E-state index contributed by atoms with van der Waals surface area (Å²) in [4.78, 5) is 4.36. The smallest absolute Gasteiger partial charge is 0.180 e. The van der Waals surface area contributed by atoms with E-state index in [0.29, 0.717) is 5.13 Å². The Morgan fingerprint density at radius 2 is 2.09 bits per heavy atom. The van der Waals surface area contributed by atoms with Crippen molar-refractivity contribution in [2.75, 3.05) is 19.5 Å². The number of hydrogen-bond donors (Lipinski definition) is 1. The highest BCUT2D eigenvalue weighted by molar-refractivity contribution is 7.13. The van der Waals surface area contributed by atoms with Crippen LogP contribution >= 0.6 is 11.3 Å². The first kappa shape index (κ1) is 17.8. The Bertz CT molecular complexity index is 613. The zero-order valence-electron chi connectivity index (χ0n) is 14.2. The van der Waals surface area contributed by atoms with E-state index in [-0.39, 0.29) is 6.10 Å². The number of nitrogens with two attached hydrogens (primary N) is 1. The molecule has 4 nitrogen and oxygen atoms in total. The molecule has 0 aliphatic rings. The first-order chi connectivity index (χ1) is 11.2. The number of methoxy groups -OCH3 is 1. The van der Waals surface area contributed by atoms with E-state index in [1.807, 2.05) is 17.5 Å². The van der Waals surface area contributed by atoms with E-state index in [1.54, 1.807) is 7.11 Å². The monoisotopic (exact) mass is 334 g/mol. The molecule has 0 aliphatic carbocycles. The first-order valence-electron chi connectivity index (χ1n) is 8.17. The minimum absolute atomic E-state index is 0.0116. The number of thiazole rings is 1. The molecule has 126 valence electrons. The number of hydrogen-bond acceptors (Lipinski definition) is 5. The normalized spacial score (nSPS) is 12.3. The van der Waals surface area contributed by atoms with Gasteiger partial charge in [-0.1, -0.05) is 38.3 Å². The second kappa shape index (κ2) is 8.89. The lowest BCUT2D eigenvalue weighted by molar-refractivity contribution is 0.0612. The molecular weight excluding hydrogens is 308 g/mol. The second-order valence-corrected chi connectivity index (χ2v) is 6.46. The highest BCUT2D eigenvalue weighted by atomic mass is 32.1. The molecule has 1 atom stereocenters. The van der Waals surface area contributed by atoms with E-state index in [0.717, 1.165) is 35.6 Å². The van der Waals surface area contributed by atoms with Crippen LogP contribution in [0.2, 0.25) is 0 Å². The quantitative estimate of drug-likeness (QED) is 0.651. The van der Waals surface area contributed by atoms with Crippen LogP contribution in [0.5, 0.6) is 5.75 Å². The van der Waals surface area contributed by atoms with Gasteiger partial charge in [-0.2, -0.15) is 0 Å². The van der Waals surface area contributed by atoms with E-state index in [4.69, 9.17) is 15.2 Å². The van der Waals surface area contributed by atoms with Crippen LogP contribution in [0.4, 0.5) is 5.13 Å². The van der Waals surface area contributed by atoms with Crippen LogP contribution in [0.15, 0.2) is 23.6 Å². The van der Waals surface area contributed by atoms with Crippen molar-refractivity contribution < 1.29 is 9.47 Å². The molecule has 0 spiro atoms. The van der Waals surface area contributed by atoms with Crippen LogP contribution in [0.25, 0.3) is 11.3 Å². The van der Waals surface area contributed by atoms with E-state index in [1.165, 1.54) is 30.6 Å². The molecule has 0 saturated carbocycles. The molecule has 2 N–H and O–H groups in total. The van der Waals surface area contributed by atoms with Gasteiger partial charge in [-0.3, -0.25) is 0 Å². The molecule has 0 unspecified atom stereocenters. The van der Waals surface area contributed by atoms with Crippen molar-refractivity contribution >= 4 is 16.5 Å². The lowest BCUT2D eigenvalue weighted by atomic mass is 10.0. The van der Waals surface area contributed by atoms with Gasteiger partial charge in [0, 0.05) is 23.1 Å². The standard InChI is InChI=1S/C18H26N2O2S/c1-4-5-6-7-11-22-13(2)14-9-8-10-15(17(14)21-3)16-12-23-18(19)20-16/h8-10,12-13H,4-7,11H2,1-3H3,(H2,19,20)/t13-/m1/s1. The average molecular weight is 334 g/mol. The zero-order chi connectivity index (χ0) is 16.7. The number of benzene rings is 1. The summed E-state index contributed by atoms with van der Waals surface area (Å²) in [5, 5.41) is 2.51. The highest BCUT2D eigenvalue weighted by Crippen LogP contribution is 2.37. The molecule has 5 heteroatoms. The molecule has 0 aliphatic heterocycles. The molecule has 0 saturated heterocycles. The summed E-state index contributed by atoms with van der Waals surface area (Å²) in [5.74, 6) is 0.818. The molecule has 2 aromatic rings. The fourth-order valence-electron chi connectivity index (χ4n) is 2.59. The maximum atomic E-state index is 5.99. The summed E-state index contributed by atoms with van der Waals surface area (Å²) in [5.41, 5.74) is 8.61. The van der Waals surface area contributed by atoms with Gasteiger partial charge in [-0.25, -0.2) is 4.98 Å². The fourth-order valence-corrected chi connectivity index (χ4v) is 3.16. The lowest BCUT2D eigenvalue weighted by Gasteiger charge is -2.18. The molecule has 1 aromatic heterocycles. The van der Waals surface area contributed by atoms with Gasteiger partial charge in [0.15, 0.2) is 5.13 Å². The molecule has 0 amide bonds. The third kappa shape index (κ3) is 4.69. The Morgan fingerprint density at radius 3 is 2.74 bits per heavy atom. The zero-order valence-corrected chi connectivity index (χ0v) is 15.0. The predicted octanol–water partition coefficient (Wildman–Crippen LogP) is 5.06. The summed E-state index contributed by atoms with van der Waals surface area (Å²) in [6, 6.07) is 6.07. The van der Waals surface area contributed by atoms with Crippen LogP contribution in [0.3, 0.4) is 0 Å². The van der Waals surface area contributed by atoms with E-state index >= 15 is 0 Å². The van der Waals surface area contributed by atoms with E-state index in [2.05, 4.69) is 24.9 Å². The van der Waals surface area contributed by atoms with E-state index < -0.39 is 0 Å². The molecule has 1 aromatic carbocycles. The third-order valence-corrected chi connectivity index (χ3v) is 4.53. The first-order valence-corrected chi connectivity index (χ1v) is 9.05. The number of anilines is 1. The largest absolute Gasteiger partial charge is 0.496 e. The number of ether oxygens (including phenoxy) is 2. The Labute approximate surface area is 142 Å². The Hall–Kier alpha value is -1.59. The molecule has 0 bridgehead atoms. The topological polar surface area (TPSA) is 57.4 Å². The van der Waals surface area contributed by atoms with Crippen LogP contribution in [0.1, 0.15) is 51.2 Å². The minimum atomic E-state index is -0.0116. The predicted molar refractivity (Wildman–Crippen MR) is 97.0 cm³/mol. The second-order valence-electron chi connectivity index (χ2n) is 5.57. The van der Waals surface area contributed by atoms with Gasteiger partial charge in [-0.05, 0) is 19.4 Å². The van der Waals surface area contributed by atoms with Gasteiger partial charge in [-0.15, -0.1) is 11.3 Å². The number of para-hydroxylation sites is 1. The highest BCUT2D eigenvalue weighted by Gasteiger charge is 2.17. The molecule has 2 rings (SSSR count). The fraction of sp³-hybridized carbons (Fsp3) is 0.500. The summed E-state index contributed by atoms with van der Waals surface area (Å²) < 4.78 is 11.6. The number of unbranched alkanes of at least 4 members (excludes halogenated alkanes) is 3. The van der Waals surface area contributed by atoms with Gasteiger partial charge in [0.05, 0.1) is 18.9 Å². The third-order valence-electron chi connectivity index (χ3n) is 3.85. The Morgan fingerprint density at radius 1 is 1.26 bits per heavy atom. The van der Waals surface area contributed by atoms with Crippen LogP contribution in [-0.4, -0.2) is 18.7 Å². The Kier molecular flexibility index (Phi) is 6.86. The molecule has 0 radical (unpaired) electrons. The number of rotatable bonds is 9. The SMILES string of the molecule is CCCCCCO[C@H](C)c1cccc(-c2csc(N)n2)c1OC. The number of nitrogens with zero attached hydrogens (tertiary/aromatic N) is 1. The van der Waals surface area contributed by atoms with Crippen molar-refractivity contribution in [3.63, 3.8) is 0 Å². The van der Waals surface area contributed by atoms with Gasteiger partial charge >= 0.3 is 0 Å². The number of aromatic nitrogens is 1. The van der Waals surface area contributed by atoms with Crippen LogP contribution in [-0.2, 0) is 4.74 Å². The van der Waals surface area contributed by atoms with Gasteiger partial charge < -0.3 is 15.2 Å². The Balaban J connectivity index is 2.12. The molecule has 1 heterocycles. The van der Waals surface area contributed by atoms with Crippen molar-refractivity contribution in [3.05, 3.63) is 29.1 Å². The number of nitrogen functional groups attached to an aromatic ring is 1. The van der Waals surface area contributed by atoms with Gasteiger partial charge in [0.25, 0.3) is 0 Å². The lowest BCUT2D eigenvalue weighted by Crippen LogP contribution is -2.05. The van der Waals surface area contributed by atoms with Crippen LogP contribution < -0.4 is 10.5 Å². The van der Waals surface area contributed by atoms with Crippen molar-refractivity contribution in [1.29, 1.82) is 0 Å². The maximum absolute atomic E-state index is 5.99. The summed E-state index contributed by atoms with van der Waals surface area (Å²) in [6.45, 7) is 5.06. The van der Waals surface area contributed by atoms with Crippen molar-refractivity contribution in [3.8, 4) is 17.0 Å². The molecule has 0 fully saturated rings. The van der Waals surface area contributed by atoms with Gasteiger partial charge in [0.1, 0.15) is 5.75 Å². The average Bonchev–Trinajstić information content (AvgIpc) is 3.00. The van der Waals surface area contributed by atoms with Crippen LogP contribution in [0, 0.1) is 0 Å². The summed E-state index contributed by atoms with van der Waals surface area (Å²) in [7, 11) is 1.69.